The molecule has 52 heavy (non-hydrogen) atoms. The lowest BCUT2D eigenvalue weighted by atomic mass is 9.93. The number of sulfone groups is 1. The van der Waals surface area contributed by atoms with Crippen LogP contribution in [-0.2, 0) is 67.5 Å². The van der Waals surface area contributed by atoms with Crippen LogP contribution in [0, 0.1) is 11.8 Å². The summed E-state index contributed by atoms with van der Waals surface area (Å²) >= 11 is 0. The molecule has 0 bridgehead atoms. The Labute approximate surface area is 303 Å². The highest BCUT2D eigenvalue weighted by molar-refractivity contribution is 7.93. The first-order chi connectivity index (χ1) is 24.6. The molecule has 4 amide bonds. The molecule has 2 aromatic carbocycles. The fraction of sp³-hybridized carbons (Fsp3) is 0.444. The summed E-state index contributed by atoms with van der Waals surface area (Å²) in [6.45, 7) is 3.24. The number of carbonyl (C=O) groups is 6. The number of ether oxygens (including phenoxy) is 3. The lowest BCUT2D eigenvalue weighted by Gasteiger charge is -2.30. The van der Waals surface area contributed by atoms with Gasteiger partial charge in [-0.25, -0.2) is 13.2 Å². The van der Waals surface area contributed by atoms with Crippen LogP contribution in [0.5, 0.6) is 0 Å². The molecule has 0 radical (unpaired) electrons. The molecule has 1 unspecified atom stereocenters. The molecular formula is C36H46N4O11S. The molecule has 0 saturated carbocycles. The molecule has 4 N–H and O–H groups in total. The monoisotopic (exact) mass is 742 g/mol. The van der Waals surface area contributed by atoms with Crippen molar-refractivity contribution in [2.75, 3.05) is 20.5 Å². The van der Waals surface area contributed by atoms with Crippen molar-refractivity contribution in [2.45, 2.75) is 70.3 Å². The first-order valence-corrected chi connectivity index (χ1v) is 18.5. The maximum atomic E-state index is 14.1. The number of esters is 2. The Morgan fingerprint density at radius 1 is 0.769 bits per heavy atom. The Morgan fingerprint density at radius 3 is 1.90 bits per heavy atom. The maximum Gasteiger partial charge on any atom is 0.408 e. The summed E-state index contributed by atoms with van der Waals surface area (Å²) in [4.78, 5) is 78.5. The van der Waals surface area contributed by atoms with Crippen molar-refractivity contribution in [3.05, 3.63) is 82.8 Å². The van der Waals surface area contributed by atoms with Gasteiger partial charge in [-0.05, 0) is 41.4 Å². The van der Waals surface area contributed by atoms with Crippen LogP contribution in [0.1, 0.15) is 43.4 Å². The van der Waals surface area contributed by atoms with Gasteiger partial charge in [0.2, 0.25) is 17.7 Å². The van der Waals surface area contributed by atoms with E-state index in [-0.39, 0.29) is 13.0 Å². The van der Waals surface area contributed by atoms with Crippen LogP contribution in [0.25, 0.3) is 0 Å². The molecule has 15 nitrogen and oxygen atoms in total. The summed E-state index contributed by atoms with van der Waals surface area (Å²) in [5.41, 5.74) is 2.63. The van der Waals surface area contributed by atoms with Crippen LogP contribution in [0.2, 0.25) is 0 Å². The highest BCUT2D eigenvalue weighted by Crippen LogP contribution is 2.29. The fourth-order valence-electron chi connectivity index (χ4n) is 5.56. The third kappa shape index (κ3) is 13.1. The van der Waals surface area contributed by atoms with E-state index in [1.54, 1.807) is 44.2 Å². The zero-order chi connectivity index (χ0) is 38.4. The summed E-state index contributed by atoms with van der Waals surface area (Å²) < 4.78 is 38.2. The number of amides is 4. The lowest BCUT2D eigenvalue weighted by molar-refractivity contribution is -0.143. The Morgan fingerprint density at radius 2 is 1.35 bits per heavy atom. The van der Waals surface area contributed by atoms with Gasteiger partial charge in [0.15, 0.2) is 9.84 Å². The Balaban J connectivity index is 1.85. The molecule has 4 atom stereocenters. The van der Waals surface area contributed by atoms with Crippen molar-refractivity contribution in [3.8, 4) is 0 Å². The summed E-state index contributed by atoms with van der Waals surface area (Å²) in [6, 6.07) is 11.3. The first-order valence-electron chi connectivity index (χ1n) is 16.6. The number of alkyl carbamates (subject to hydrolysis) is 1. The molecule has 3 rings (SSSR count). The van der Waals surface area contributed by atoms with E-state index in [0.29, 0.717) is 18.4 Å². The number of carbonyl (C=O) groups excluding carboxylic acids is 6. The largest absolute Gasteiger partial charge is 0.469 e. The molecule has 0 fully saturated rings. The van der Waals surface area contributed by atoms with Gasteiger partial charge in [-0.2, -0.15) is 0 Å². The van der Waals surface area contributed by atoms with Gasteiger partial charge in [0, 0.05) is 11.7 Å². The number of methoxy groups -OCH3 is 2. The summed E-state index contributed by atoms with van der Waals surface area (Å²) in [6.07, 6.45) is 0.964. The topological polar surface area (TPSA) is 212 Å². The molecule has 1 aliphatic rings. The SMILES string of the molecule is COC(=O)C[C@@H](/C=C/S(C)(=O)=O)NC(=O)[C@@H](NC(=O)C(NC(=O)[C@H](CC(=O)OC)NC(=O)OCc1ccccc1)C1Cc2ccccc2C1)C(C)C. The number of nitrogens with one attached hydrogen (secondary N) is 4. The van der Waals surface area contributed by atoms with Crippen molar-refractivity contribution in [2.24, 2.45) is 11.8 Å². The molecule has 16 heteroatoms. The third-order valence-corrected chi connectivity index (χ3v) is 8.95. The number of hydrogen-bond acceptors (Lipinski definition) is 11. The Bertz CT molecular complexity index is 1710. The number of fused-ring (bicyclic) bond motifs is 1. The zero-order valence-electron chi connectivity index (χ0n) is 29.7. The van der Waals surface area contributed by atoms with Crippen molar-refractivity contribution < 1.29 is 51.4 Å². The van der Waals surface area contributed by atoms with Gasteiger partial charge in [-0.15, -0.1) is 0 Å². The van der Waals surface area contributed by atoms with E-state index in [4.69, 9.17) is 9.47 Å². The van der Waals surface area contributed by atoms with Gasteiger partial charge in [0.25, 0.3) is 0 Å². The predicted octanol–water partition coefficient (Wildman–Crippen LogP) is 1.49. The van der Waals surface area contributed by atoms with Crippen molar-refractivity contribution in [1.82, 2.24) is 21.3 Å². The quantitative estimate of drug-likeness (QED) is 0.135. The molecule has 0 heterocycles. The van der Waals surface area contributed by atoms with Gasteiger partial charge in [-0.1, -0.05) is 74.5 Å². The normalized spacial score (nSPS) is 15.0. The minimum Gasteiger partial charge on any atom is -0.469 e. The molecule has 2 aromatic rings. The Kier molecular flexibility index (Phi) is 15.3. The number of hydrogen-bond donors (Lipinski definition) is 4. The second-order valence-corrected chi connectivity index (χ2v) is 14.7. The fourth-order valence-corrected chi connectivity index (χ4v) is 6.04. The van der Waals surface area contributed by atoms with Crippen molar-refractivity contribution in [3.63, 3.8) is 0 Å². The summed E-state index contributed by atoms with van der Waals surface area (Å²) in [7, 11) is -1.33. The molecular weight excluding hydrogens is 696 g/mol. The van der Waals surface area contributed by atoms with Gasteiger partial charge >= 0.3 is 18.0 Å². The molecule has 1 aliphatic carbocycles. The maximum absolute atomic E-state index is 14.1. The summed E-state index contributed by atoms with van der Waals surface area (Å²) in [5.74, 6) is -4.82. The van der Waals surface area contributed by atoms with Crippen LogP contribution in [0.15, 0.2) is 66.1 Å². The highest BCUT2D eigenvalue weighted by atomic mass is 32.2. The van der Waals surface area contributed by atoms with Crippen LogP contribution >= 0.6 is 0 Å². The van der Waals surface area contributed by atoms with Crippen LogP contribution in [-0.4, -0.2) is 88.8 Å². The van der Waals surface area contributed by atoms with Crippen molar-refractivity contribution >= 4 is 45.6 Å². The highest BCUT2D eigenvalue weighted by Gasteiger charge is 2.39. The average Bonchev–Trinajstić information content (AvgIpc) is 3.54. The Hall–Kier alpha value is -5.25. The van der Waals surface area contributed by atoms with E-state index in [2.05, 4.69) is 26.0 Å². The van der Waals surface area contributed by atoms with Gasteiger partial charge < -0.3 is 35.5 Å². The van der Waals surface area contributed by atoms with E-state index in [1.165, 1.54) is 0 Å². The van der Waals surface area contributed by atoms with Crippen LogP contribution in [0.3, 0.4) is 0 Å². The predicted molar refractivity (Wildman–Crippen MR) is 189 cm³/mol. The average molecular weight is 743 g/mol. The zero-order valence-corrected chi connectivity index (χ0v) is 30.6. The molecule has 0 saturated heterocycles. The smallest absolute Gasteiger partial charge is 0.408 e. The molecule has 0 aliphatic heterocycles. The second kappa shape index (κ2) is 19.4. The van der Waals surface area contributed by atoms with Crippen LogP contribution < -0.4 is 21.3 Å². The minimum absolute atomic E-state index is 0.103. The van der Waals surface area contributed by atoms with E-state index in [1.807, 2.05) is 24.3 Å². The van der Waals surface area contributed by atoms with Crippen molar-refractivity contribution in [1.29, 1.82) is 0 Å². The third-order valence-electron chi connectivity index (χ3n) is 8.30. The van der Waals surface area contributed by atoms with Crippen LogP contribution in [0.4, 0.5) is 4.79 Å². The van der Waals surface area contributed by atoms with E-state index in [9.17, 15) is 37.2 Å². The van der Waals surface area contributed by atoms with E-state index < -0.39 is 88.0 Å². The minimum atomic E-state index is -3.61. The first kappa shape index (κ1) is 41.2. The standard InChI is InChI=1S/C36H46N4O11S/c1-22(2)31(34(44)37-27(19-29(41)49-3)15-16-52(5,47)48)39-35(45)32(26-17-24-13-9-10-14-25(24)18-26)40-33(43)28(20-30(42)50-4)38-36(46)51-21-23-11-7-6-8-12-23/h6-16,22,26-28,31-32H,17-21H2,1-5H3,(H,37,44)(H,38,46)(H,39,45)(H,40,43)/b16-15+/t27-,28+,31+,32?/m1/s1. The van der Waals surface area contributed by atoms with Gasteiger partial charge in [0.1, 0.15) is 24.7 Å². The van der Waals surface area contributed by atoms with Gasteiger partial charge in [-0.3, -0.25) is 24.0 Å². The summed E-state index contributed by atoms with van der Waals surface area (Å²) in [5, 5.41) is 11.2. The van der Waals surface area contributed by atoms with E-state index in [0.717, 1.165) is 43.1 Å². The number of benzene rings is 2. The molecule has 0 aromatic heterocycles. The second-order valence-electron chi connectivity index (χ2n) is 12.7. The molecule has 282 valence electrons. The lowest BCUT2D eigenvalue weighted by Crippen LogP contribution is -2.60. The van der Waals surface area contributed by atoms with E-state index >= 15 is 0 Å². The number of rotatable bonds is 17. The molecule has 0 spiro atoms. The van der Waals surface area contributed by atoms with Gasteiger partial charge in [0.05, 0.1) is 33.1 Å².